The van der Waals surface area contributed by atoms with Gasteiger partial charge in [-0.3, -0.25) is 4.90 Å². The van der Waals surface area contributed by atoms with Crippen LogP contribution in [0.1, 0.15) is 23.3 Å². The van der Waals surface area contributed by atoms with E-state index in [9.17, 15) is 4.79 Å². The third kappa shape index (κ3) is 2.85. The SMILES string of the molecule is O=C(OCc1ccccc1)N1CCCCc2sccc21. The summed E-state index contributed by atoms with van der Waals surface area (Å²) in [6, 6.07) is 11.8. The number of aryl methyl sites for hydroxylation is 1. The van der Waals surface area contributed by atoms with Gasteiger partial charge in [-0.25, -0.2) is 4.79 Å². The molecule has 1 aliphatic rings. The molecule has 0 aliphatic carbocycles. The normalized spacial score (nSPS) is 14.5. The quantitative estimate of drug-likeness (QED) is 0.827. The lowest BCUT2D eigenvalue weighted by molar-refractivity contribution is 0.147. The molecule has 20 heavy (non-hydrogen) atoms. The van der Waals surface area contributed by atoms with Gasteiger partial charge in [0.2, 0.25) is 0 Å². The molecule has 0 fully saturated rings. The summed E-state index contributed by atoms with van der Waals surface area (Å²) < 4.78 is 5.44. The lowest BCUT2D eigenvalue weighted by Crippen LogP contribution is -2.31. The van der Waals surface area contributed by atoms with E-state index in [-0.39, 0.29) is 6.09 Å². The third-order valence-corrected chi connectivity index (χ3v) is 4.44. The molecule has 1 aliphatic heterocycles. The number of carbonyl (C=O) groups is 1. The Bertz CT molecular complexity index is 579. The predicted octanol–water partition coefficient (Wildman–Crippen LogP) is 4.23. The summed E-state index contributed by atoms with van der Waals surface area (Å²) in [7, 11) is 0. The summed E-state index contributed by atoms with van der Waals surface area (Å²) in [5, 5.41) is 2.05. The van der Waals surface area contributed by atoms with E-state index in [4.69, 9.17) is 4.74 Å². The topological polar surface area (TPSA) is 29.5 Å². The fourth-order valence-electron chi connectivity index (χ4n) is 2.42. The van der Waals surface area contributed by atoms with E-state index >= 15 is 0 Å². The maximum atomic E-state index is 12.3. The summed E-state index contributed by atoms with van der Waals surface area (Å²) in [5.41, 5.74) is 2.05. The minimum absolute atomic E-state index is 0.240. The zero-order chi connectivity index (χ0) is 13.8. The van der Waals surface area contributed by atoms with Gasteiger partial charge in [-0.2, -0.15) is 0 Å². The first kappa shape index (κ1) is 13.2. The Morgan fingerprint density at radius 3 is 2.90 bits per heavy atom. The van der Waals surface area contributed by atoms with Crippen LogP contribution in [0.5, 0.6) is 0 Å². The maximum Gasteiger partial charge on any atom is 0.414 e. The molecular formula is C16H17NO2S. The smallest absolute Gasteiger partial charge is 0.414 e. The number of hydrogen-bond acceptors (Lipinski definition) is 3. The van der Waals surface area contributed by atoms with Gasteiger partial charge < -0.3 is 4.74 Å². The molecule has 0 unspecified atom stereocenters. The summed E-state index contributed by atoms with van der Waals surface area (Å²) in [4.78, 5) is 15.4. The van der Waals surface area contributed by atoms with Crippen LogP contribution in [0.25, 0.3) is 0 Å². The molecule has 4 heteroatoms. The van der Waals surface area contributed by atoms with Gasteiger partial charge in [0.25, 0.3) is 0 Å². The van der Waals surface area contributed by atoms with E-state index in [2.05, 4.69) is 0 Å². The van der Waals surface area contributed by atoms with Crippen molar-refractivity contribution >= 4 is 23.1 Å². The van der Waals surface area contributed by atoms with Crippen LogP contribution in [0.3, 0.4) is 0 Å². The highest BCUT2D eigenvalue weighted by Crippen LogP contribution is 2.31. The Hall–Kier alpha value is -1.81. The summed E-state index contributed by atoms with van der Waals surface area (Å²) >= 11 is 1.72. The number of thiophene rings is 1. The van der Waals surface area contributed by atoms with Crippen molar-refractivity contribution in [2.45, 2.75) is 25.9 Å². The van der Waals surface area contributed by atoms with Gasteiger partial charge in [0, 0.05) is 11.4 Å². The van der Waals surface area contributed by atoms with Gasteiger partial charge in [0.05, 0.1) is 5.69 Å². The molecule has 0 bridgehead atoms. The Morgan fingerprint density at radius 1 is 1.20 bits per heavy atom. The first-order chi connectivity index (χ1) is 9.84. The van der Waals surface area contributed by atoms with E-state index in [1.807, 2.05) is 41.8 Å². The van der Waals surface area contributed by atoms with Crippen LogP contribution in [0.2, 0.25) is 0 Å². The van der Waals surface area contributed by atoms with Gasteiger partial charge in [-0.05, 0) is 36.3 Å². The first-order valence-corrected chi connectivity index (χ1v) is 7.77. The molecule has 3 nitrogen and oxygen atoms in total. The van der Waals surface area contributed by atoms with Gasteiger partial charge in [0.1, 0.15) is 6.61 Å². The van der Waals surface area contributed by atoms with E-state index in [1.54, 1.807) is 16.2 Å². The molecule has 3 rings (SSSR count). The van der Waals surface area contributed by atoms with E-state index < -0.39 is 0 Å². The number of hydrogen-bond donors (Lipinski definition) is 0. The number of ether oxygens (including phenoxy) is 1. The van der Waals surface area contributed by atoms with Crippen molar-refractivity contribution in [2.75, 3.05) is 11.4 Å². The molecule has 104 valence electrons. The number of amides is 1. The Balaban J connectivity index is 1.68. The first-order valence-electron chi connectivity index (χ1n) is 6.89. The van der Waals surface area contributed by atoms with Crippen LogP contribution in [-0.4, -0.2) is 12.6 Å². The Labute approximate surface area is 122 Å². The third-order valence-electron chi connectivity index (χ3n) is 3.47. The molecule has 0 N–H and O–H groups in total. The van der Waals surface area contributed by atoms with Crippen molar-refractivity contribution in [2.24, 2.45) is 0 Å². The highest BCUT2D eigenvalue weighted by Gasteiger charge is 2.23. The molecule has 0 spiro atoms. The Morgan fingerprint density at radius 2 is 2.05 bits per heavy atom. The summed E-state index contributed by atoms with van der Waals surface area (Å²) in [5.74, 6) is 0. The van der Waals surface area contributed by atoms with Crippen molar-refractivity contribution in [3.8, 4) is 0 Å². The average molecular weight is 287 g/mol. The summed E-state index contributed by atoms with van der Waals surface area (Å²) in [6.07, 6.45) is 2.99. The fraction of sp³-hybridized carbons (Fsp3) is 0.312. The average Bonchev–Trinajstić information content (AvgIpc) is 2.85. The van der Waals surface area contributed by atoms with Crippen molar-refractivity contribution in [1.29, 1.82) is 0 Å². The van der Waals surface area contributed by atoms with Crippen LogP contribution in [0, 0.1) is 0 Å². The summed E-state index contributed by atoms with van der Waals surface area (Å²) in [6.45, 7) is 1.08. The second kappa shape index (κ2) is 6.09. The minimum atomic E-state index is -0.240. The molecular weight excluding hydrogens is 270 g/mol. The van der Waals surface area contributed by atoms with Crippen LogP contribution in [-0.2, 0) is 17.8 Å². The minimum Gasteiger partial charge on any atom is -0.444 e. The zero-order valence-electron chi connectivity index (χ0n) is 11.2. The number of anilines is 1. The zero-order valence-corrected chi connectivity index (χ0v) is 12.1. The van der Waals surface area contributed by atoms with Crippen LogP contribution in [0.4, 0.5) is 10.5 Å². The van der Waals surface area contributed by atoms with Gasteiger partial charge in [-0.1, -0.05) is 30.3 Å². The molecule has 0 radical (unpaired) electrons. The molecule has 2 aromatic rings. The van der Waals surface area contributed by atoms with Crippen LogP contribution < -0.4 is 4.90 Å². The lowest BCUT2D eigenvalue weighted by atomic mass is 10.2. The standard InChI is InChI=1S/C16H17NO2S/c18-16(19-12-13-6-2-1-3-7-13)17-10-5-4-8-15-14(17)9-11-20-15/h1-3,6-7,9,11H,4-5,8,10,12H2. The highest BCUT2D eigenvalue weighted by molar-refractivity contribution is 7.10. The van der Waals surface area contributed by atoms with Gasteiger partial charge >= 0.3 is 6.09 Å². The monoisotopic (exact) mass is 287 g/mol. The molecule has 0 atom stereocenters. The molecule has 0 saturated carbocycles. The second-order valence-corrected chi connectivity index (χ2v) is 5.88. The lowest BCUT2D eigenvalue weighted by Gasteiger charge is -2.20. The van der Waals surface area contributed by atoms with Crippen LogP contribution in [0.15, 0.2) is 41.8 Å². The Kier molecular flexibility index (Phi) is 4.02. The fourth-order valence-corrected chi connectivity index (χ4v) is 3.35. The molecule has 1 aromatic carbocycles. The predicted molar refractivity (Wildman–Crippen MR) is 81.2 cm³/mol. The number of nitrogens with zero attached hydrogens (tertiary/aromatic N) is 1. The van der Waals surface area contributed by atoms with Gasteiger partial charge in [0.15, 0.2) is 0 Å². The van der Waals surface area contributed by atoms with Crippen molar-refractivity contribution < 1.29 is 9.53 Å². The van der Waals surface area contributed by atoms with E-state index in [0.29, 0.717) is 6.61 Å². The number of rotatable bonds is 2. The van der Waals surface area contributed by atoms with Crippen molar-refractivity contribution in [1.82, 2.24) is 0 Å². The largest absolute Gasteiger partial charge is 0.444 e. The van der Waals surface area contributed by atoms with E-state index in [0.717, 1.165) is 37.1 Å². The number of fused-ring (bicyclic) bond motifs is 1. The number of carbonyl (C=O) groups excluding carboxylic acids is 1. The highest BCUT2D eigenvalue weighted by atomic mass is 32.1. The van der Waals surface area contributed by atoms with E-state index in [1.165, 1.54) is 4.88 Å². The van der Waals surface area contributed by atoms with Crippen molar-refractivity contribution in [3.05, 3.63) is 52.2 Å². The number of benzene rings is 1. The van der Waals surface area contributed by atoms with Crippen LogP contribution >= 0.6 is 11.3 Å². The molecule has 1 amide bonds. The maximum absolute atomic E-state index is 12.3. The van der Waals surface area contributed by atoms with Gasteiger partial charge in [-0.15, -0.1) is 11.3 Å². The molecule has 0 saturated heterocycles. The molecule has 2 heterocycles. The second-order valence-electron chi connectivity index (χ2n) is 4.88. The van der Waals surface area contributed by atoms with Crippen molar-refractivity contribution in [3.63, 3.8) is 0 Å². The molecule has 1 aromatic heterocycles.